The summed E-state index contributed by atoms with van der Waals surface area (Å²) in [6.45, 7) is 0.553. The first kappa shape index (κ1) is 20.2. The zero-order chi connectivity index (χ0) is 16.3. The van der Waals surface area contributed by atoms with Crippen LogP contribution in [0, 0.1) is 0 Å². The van der Waals surface area contributed by atoms with Crippen LogP contribution in [0.2, 0.25) is 0 Å². The summed E-state index contributed by atoms with van der Waals surface area (Å²) in [6.07, 6.45) is 4.24. The summed E-state index contributed by atoms with van der Waals surface area (Å²) in [6, 6.07) is 20.7. The Hall–Kier alpha value is -1.84. The minimum absolute atomic E-state index is 0. The molecule has 0 aliphatic carbocycles. The van der Waals surface area contributed by atoms with Crippen molar-refractivity contribution < 1.29 is 4.79 Å². The van der Waals surface area contributed by atoms with Gasteiger partial charge in [0.1, 0.15) is 0 Å². The van der Waals surface area contributed by atoms with Gasteiger partial charge in [-0.15, -0.1) is 12.4 Å². The van der Waals surface area contributed by atoms with E-state index in [1.54, 1.807) is 0 Å². The Morgan fingerprint density at radius 1 is 0.958 bits per heavy atom. The van der Waals surface area contributed by atoms with E-state index < -0.39 is 0 Å². The number of hydrogen-bond acceptors (Lipinski definition) is 2. The van der Waals surface area contributed by atoms with Crippen molar-refractivity contribution in [1.82, 2.24) is 5.32 Å². The predicted molar refractivity (Wildman–Crippen MR) is 102 cm³/mol. The fraction of sp³-hybridized carbons (Fsp3) is 0.350. The Balaban J connectivity index is 0.00000288. The molecule has 0 aromatic heterocycles. The molecular weight excluding hydrogens is 320 g/mol. The Kier molecular flexibility index (Phi) is 9.81. The number of benzene rings is 2. The van der Waals surface area contributed by atoms with Gasteiger partial charge < -0.3 is 11.1 Å². The lowest BCUT2D eigenvalue weighted by atomic mass is 9.98. The van der Waals surface area contributed by atoms with E-state index in [2.05, 4.69) is 41.7 Å². The maximum atomic E-state index is 12.1. The van der Waals surface area contributed by atoms with Crippen LogP contribution in [0.5, 0.6) is 0 Å². The summed E-state index contributed by atoms with van der Waals surface area (Å²) in [5, 5.41) is 3.16. The molecule has 2 aromatic carbocycles. The monoisotopic (exact) mass is 346 g/mol. The van der Waals surface area contributed by atoms with Crippen molar-refractivity contribution in [3.8, 4) is 0 Å². The van der Waals surface area contributed by atoms with Crippen LogP contribution in [0.3, 0.4) is 0 Å². The molecule has 130 valence electrons. The SMILES string of the molecule is Cl.NCCCC(=O)NC(CCCc1ccccc1)c1ccccc1. The van der Waals surface area contributed by atoms with Gasteiger partial charge in [-0.3, -0.25) is 4.79 Å². The lowest BCUT2D eigenvalue weighted by Crippen LogP contribution is -2.28. The highest BCUT2D eigenvalue weighted by Crippen LogP contribution is 2.20. The molecule has 2 aromatic rings. The lowest BCUT2D eigenvalue weighted by Gasteiger charge is -2.19. The Morgan fingerprint density at radius 3 is 2.21 bits per heavy atom. The molecule has 0 spiro atoms. The second kappa shape index (κ2) is 11.7. The third-order valence-corrected chi connectivity index (χ3v) is 3.95. The number of carbonyl (C=O) groups is 1. The molecular formula is C20H27ClN2O. The van der Waals surface area contributed by atoms with Crippen LogP contribution in [0.1, 0.15) is 42.9 Å². The lowest BCUT2D eigenvalue weighted by molar-refractivity contribution is -0.122. The van der Waals surface area contributed by atoms with Crippen molar-refractivity contribution in [2.75, 3.05) is 6.54 Å². The highest BCUT2D eigenvalue weighted by Gasteiger charge is 2.13. The van der Waals surface area contributed by atoms with Gasteiger partial charge in [0.15, 0.2) is 0 Å². The quantitative estimate of drug-likeness (QED) is 0.720. The Morgan fingerprint density at radius 2 is 1.58 bits per heavy atom. The number of hydrogen-bond donors (Lipinski definition) is 2. The van der Waals surface area contributed by atoms with Crippen LogP contribution in [0.25, 0.3) is 0 Å². The molecule has 3 N–H and O–H groups in total. The third-order valence-electron chi connectivity index (χ3n) is 3.95. The molecule has 0 aliphatic heterocycles. The number of nitrogens with two attached hydrogens (primary N) is 1. The molecule has 3 nitrogen and oxygen atoms in total. The van der Waals surface area contributed by atoms with Crippen molar-refractivity contribution in [3.05, 3.63) is 71.8 Å². The van der Waals surface area contributed by atoms with Crippen molar-refractivity contribution in [2.45, 2.75) is 38.1 Å². The van der Waals surface area contributed by atoms with E-state index in [9.17, 15) is 4.79 Å². The number of carbonyl (C=O) groups excluding carboxylic acids is 1. The molecule has 0 saturated heterocycles. The van der Waals surface area contributed by atoms with Gasteiger partial charge in [-0.1, -0.05) is 60.7 Å². The van der Waals surface area contributed by atoms with Gasteiger partial charge in [-0.05, 0) is 43.4 Å². The first-order valence-corrected chi connectivity index (χ1v) is 8.38. The first-order valence-electron chi connectivity index (χ1n) is 8.38. The second-order valence-corrected chi connectivity index (χ2v) is 5.80. The van der Waals surface area contributed by atoms with Crippen LogP contribution in [-0.4, -0.2) is 12.5 Å². The van der Waals surface area contributed by atoms with E-state index in [0.29, 0.717) is 13.0 Å². The molecule has 0 aliphatic rings. The number of nitrogens with one attached hydrogen (secondary N) is 1. The molecule has 0 saturated carbocycles. The predicted octanol–water partition coefficient (Wildman–Crippen LogP) is 4.03. The Labute approximate surface area is 151 Å². The average molecular weight is 347 g/mol. The largest absolute Gasteiger partial charge is 0.349 e. The molecule has 2 rings (SSSR count). The van der Waals surface area contributed by atoms with Gasteiger partial charge in [0.25, 0.3) is 0 Å². The van der Waals surface area contributed by atoms with E-state index >= 15 is 0 Å². The average Bonchev–Trinajstić information content (AvgIpc) is 2.61. The summed E-state index contributed by atoms with van der Waals surface area (Å²) in [7, 11) is 0. The van der Waals surface area contributed by atoms with Crippen molar-refractivity contribution in [1.29, 1.82) is 0 Å². The van der Waals surface area contributed by atoms with Crippen molar-refractivity contribution >= 4 is 18.3 Å². The fourth-order valence-corrected chi connectivity index (χ4v) is 2.69. The van der Waals surface area contributed by atoms with E-state index in [4.69, 9.17) is 5.73 Å². The molecule has 0 fully saturated rings. The standard InChI is InChI=1S/C20H26N2O.ClH/c21-16-8-15-20(23)22-19(18-12-5-2-6-13-18)14-7-11-17-9-3-1-4-10-17;/h1-6,9-10,12-13,19H,7-8,11,14-16,21H2,(H,22,23);1H. The molecule has 1 amide bonds. The maximum absolute atomic E-state index is 12.1. The van der Waals surface area contributed by atoms with Crippen LogP contribution in [0.15, 0.2) is 60.7 Å². The van der Waals surface area contributed by atoms with Gasteiger partial charge in [-0.2, -0.15) is 0 Å². The van der Waals surface area contributed by atoms with Crippen molar-refractivity contribution in [2.24, 2.45) is 5.73 Å². The van der Waals surface area contributed by atoms with E-state index in [1.807, 2.05) is 24.3 Å². The zero-order valence-corrected chi connectivity index (χ0v) is 14.8. The van der Waals surface area contributed by atoms with Gasteiger partial charge >= 0.3 is 0 Å². The highest BCUT2D eigenvalue weighted by atomic mass is 35.5. The van der Waals surface area contributed by atoms with Gasteiger partial charge in [0, 0.05) is 6.42 Å². The maximum Gasteiger partial charge on any atom is 0.220 e. The molecule has 24 heavy (non-hydrogen) atoms. The van der Waals surface area contributed by atoms with Crippen molar-refractivity contribution in [3.63, 3.8) is 0 Å². The van der Waals surface area contributed by atoms with Gasteiger partial charge in [0.2, 0.25) is 5.91 Å². The van der Waals surface area contributed by atoms with E-state index in [0.717, 1.165) is 25.7 Å². The van der Waals surface area contributed by atoms with E-state index in [1.165, 1.54) is 11.1 Å². The minimum Gasteiger partial charge on any atom is -0.349 e. The smallest absolute Gasteiger partial charge is 0.220 e. The van der Waals surface area contributed by atoms with Gasteiger partial charge in [0.05, 0.1) is 6.04 Å². The highest BCUT2D eigenvalue weighted by molar-refractivity contribution is 5.85. The first-order chi connectivity index (χ1) is 11.3. The zero-order valence-electron chi connectivity index (χ0n) is 14.0. The van der Waals surface area contributed by atoms with E-state index in [-0.39, 0.29) is 24.4 Å². The summed E-state index contributed by atoms with van der Waals surface area (Å²) in [4.78, 5) is 12.1. The van der Waals surface area contributed by atoms with Crippen LogP contribution in [0.4, 0.5) is 0 Å². The van der Waals surface area contributed by atoms with Crippen LogP contribution in [-0.2, 0) is 11.2 Å². The third kappa shape index (κ3) is 7.16. The molecule has 0 bridgehead atoms. The number of aryl methyl sites for hydroxylation is 1. The summed E-state index contributed by atoms with van der Waals surface area (Å²) in [5.41, 5.74) is 7.99. The molecule has 4 heteroatoms. The Bertz CT molecular complexity index is 575. The van der Waals surface area contributed by atoms with Crippen LogP contribution >= 0.6 is 12.4 Å². The van der Waals surface area contributed by atoms with Crippen LogP contribution < -0.4 is 11.1 Å². The molecule has 1 unspecified atom stereocenters. The second-order valence-electron chi connectivity index (χ2n) is 5.80. The minimum atomic E-state index is 0. The number of amides is 1. The molecule has 1 atom stereocenters. The summed E-state index contributed by atoms with van der Waals surface area (Å²) in [5.74, 6) is 0.0871. The number of halogens is 1. The summed E-state index contributed by atoms with van der Waals surface area (Å²) >= 11 is 0. The normalized spacial score (nSPS) is 11.4. The molecule has 0 radical (unpaired) electrons. The summed E-state index contributed by atoms with van der Waals surface area (Å²) < 4.78 is 0. The fourth-order valence-electron chi connectivity index (χ4n) is 2.69. The molecule has 0 heterocycles. The van der Waals surface area contributed by atoms with Gasteiger partial charge in [-0.25, -0.2) is 0 Å². The number of rotatable bonds is 9. The topological polar surface area (TPSA) is 55.1 Å².